The Morgan fingerprint density at radius 2 is 1.81 bits per heavy atom. The van der Waals surface area contributed by atoms with Crippen LogP contribution in [0.4, 0.5) is 0 Å². The maximum absolute atomic E-state index is 13.2. The summed E-state index contributed by atoms with van der Waals surface area (Å²) in [5, 5.41) is 11.3. The fourth-order valence-corrected chi connectivity index (χ4v) is 4.10. The Balaban J connectivity index is 2.15. The minimum Gasteiger partial charge on any atom is -0.507 e. The van der Waals surface area contributed by atoms with E-state index in [4.69, 9.17) is 4.74 Å². The molecule has 0 spiro atoms. The lowest BCUT2D eigenvalue weighted by Crippen LogP contribution is -2.32. The quantitative estimate of drug-likeness (QED) is 0.386. The largest absolute Gasteiger partial charge is 0.507 e. The third-order valence-electron chi connectivity index (χ3n) is 5.86. The van der Waals surface area contributed by atoms with Crippen molar-refractivity contribution in [1.82, 2.24) is 9.80 Å². The molecule has 1 N–H and O–H groups in total. The first-order valence-electron chi connectivity index (χ1n) is 11.0. The van der Waals surface area contributed by atoms with E-state index < -0.39 is 17.7 Å². The highest BCUT2D eigenvalue weighted by Crippen LogP contribution is 2.41. The highest BCUT2D eigenvalue weighted by Gasteiger charge is 2.46. The fourth-order valence-electron chi connectivity index (χ4n) is 4.10. The number of carbonyl (C=O) groups is 2. The number of aryl methyl sites for hydroxylation is 2. The van der Waals surface area contributed by atoms with Crippen molar-refractivity contribution in [2.75, 3.05) is 34.3 Å². The van der Waals surface area contributed by atoms with Crippen LogP contribution < -0.4 is 4.74 Å². The standard InChI is InChI=1S/C26H32N2O4/c1-6-18-9-11-19(12-10-18)23-22(24(29)20-16-17(2)8-13-21(20)32-5)25(30)26(31)28(23)15-7-14-27(3)4/h8-13,16,23,29H,6-7,14-15H2,1-5H3/b24-22+. The smallest absolute Gasteiger partial charge is 0.295 e. The predicted octanol–water partition coefficient (Wildman–Crippen LogP) is 3.94. The molecule has 2 aromatic rings. The van der Waals surface area contributed by atoms with Gasteiger partial charge >= 0.3 is 0 Å². The molecule has 2 aromatic carbocycles. The molecule has 1 atom stereocenters. The third-order valence-corrected chi connectivity index (χ3v) is 5.86. The van der Waals surface area contributed by atoms with Crippen molar-refractivity contribution in [1.29, 1.82) is 0 Å². The number of nitrogens with zero attached hydrogens (tertiary/aromatic N) is 2. The number of rotatable bonds is 8. The molecule has 1 aliphatic rings. The van der Waals surface area contributed by atoms with Gasteiger partial charge in [-0.1, -0.05) is 42.8 Å². The first-order chi connectivity index (χ1) is 15.3. The molecule has 0 aromatic heterocycles. The second kappa shape index (κ2) is 10.0. The minimum absolute atomic E-state index is 0.105. The summed E-state index contributed by atoms with van der Waals surface area (Å²) >= 11 is 0. The molecule has 1 unspecified atom stereocenters. The number of ketones is 1. The molecule has 0 radical (unpaired) electrons. The Labute approximate surface area is 190 Å². The second-order valence-corrected chi connectivity index (χ2v) is 8.45. The summed E-state index contributed by atoms with van der Waals surface area (Å²) in [4.78, 5) is 29.8. The molecule has 3 rings (SSSR count). The number of aliphatic hydroxyl groups excluding tert-OH is 1. The van der Waals surface area contributed by atoms with E-state index in [1.165, 1.54) is 12.7 Å². The molecule has 0 bridgehead atoms. The fraction of sp³-hybridized carbons (Fsp3) is 0.385. The van der Waals surface area contributed by atoms with Crippen LogP contribution in [0.5, 0.6) is 5.75 Å². The van der Waals surface area contributed by atoms with Crippen molar-refractivity contribution in [3.63, 3.8) is 0 Å². The van der Waals surface area contributed by atoms with E-state index in [1.807, 2.05) is 56.3 Å². The molecule has 1 aliphatic heterocycles. The van der Waals surface area contributed by atoms with Crippen LogP contribution in [0.25, 0.3) is 5.76 Å². The SMILES string of the molecule is CCc1ccc(C2/C(=C(\O)c3cc(C)ccc3OC)C(=O)C(=O)N2CCCN(C)C)cc1. The monoisotopic (exact) mass is 436 g/mol. The molecule has 0 aliphatic carbocycles. The molecular weight excluding hydrogens is 404 g/mol. The van der Waals surface area contributed by atoms with E-state index >= 15 is 0 Å². The Kier molecular flexibility index (Phi) is 7.36. The van der Waals surface area contributed by atoms with Crippen LogP contribution in [0.3, 0.4) is 0 Å². The molecule has 1 fully saturated rings. The van der Waals surface area contributed by atoms with Gasteiger partial charge in [0.25, 0.3) is 11.7 Å². The summed E-state index contributed by atoms with van der Waals surface area (Å²) < 4.78 is 5.42. The van der Waals surface area contributed by atoms with Crippen molar-refractivity contribution in [2.24, 2.45) is 0 Å². The van der Waals surface area contributed by atoms with Crippen molar-refractivity contribution in [3.05, 3.63) is 70.3 Å². The third kappa shape index (κ3) is 4.70. The van der Waals surface area contributed by atoms with Crippen LogP contribution in [0.2, 0.25) is 0 Å². The lowest BCUT2D eigenvalue weighted by atomic mass is 9.93. The van der Waals surface area contributed by atoms with Gasteiger partial charge in [-0.2, -0.15) is 0 Å². The molecule has 0 saturated carbocycles. The van der Waals surface area contributed by atoms with Gasteiger partial charge in [0.2, 0.25) is 0 Å². The van der Waals surface area contributed by atoms with Crippen LogP contribution in [0.1, 0.15) is 41.6 Å². The summed E-state index contributed by atoms with van der Waals surface area (Å²) in [7, 11) is 5.46. The number of hydrogen-bond donors (Lipinski definition) is 1. The summed E-state index contributed by atoms with van der Waals surface area (Å²) in [6.07, 6.45) is 1.61. The van der Waals surface area contributed by atoms with Crippen LogP contribution >= 0.6 is 0 Å². The van der Waals surface area contributed by atoms with Crippen molar-refractivity contribution in [3.8, 4) is 5.75 Å². The second-order valence-electron chi connectivity index (χ2n) is 8.45. The number of benzene rings is 2. The summed E-state index contributed by atoms with van der Waals surface area (Å²) in [6.45, 7) is 5.18. The van der Waals surface area contributed by atoms with E-state index in [2.05, 4.69) is 6.92 Å². The van der Waals surface area contributed by atoms with Gasteiger partial charge in [0.05, 0.1) is 24.3 Å². The van der Waals surface area contributed by atoms with Crippen LogP contribution in [0, 0.1) is 6.92 Å². The van der Waals surface area contributed by atoms with E-state index in [-0.39, 0.29) is 11.3 Å². The lowest BCUT2D eigenvalue weighted by molar-refractivity contribution is -0.139. The zero-order valence-corrected chi connectivity index (χ0v) is 19.5. The van der Waals surface area contributed by atoms with Gasteiger partial charge in [-0.3, -0.25) is 9.59 Å². The van der Waals surface area contributed by atoms with E-state index in [0.29, 0.717) is 17.9 Å². The van der Waals surface area contributed by atoms with Crippen LogP contribution in [-0.4, -0.2) is 60.9 Å². The van der Waals surface area contributed by atoms with Crippen molar-refractivity contribution in [2.45, 2.75) is 32.7 Å². The Bertz CT molecular complexity index is 1020. The number of Topliss-reactive ketones (excluding diaryl/α,β-unsaturated/α-hetero) is 1. The molecule has 32 heavy (non-hydrogen) atoms. The van der Waals surface area contributed by atoms with E-state index in [0.717, 1.165) is 30.5 Å². The van der Waals surface area contributed by atoms with Gasteiger partial charge in [-0.15, -0.1) is 0 Å². The van der Waals surface area contributed by atoms with Crippen molar-refractivity contribution >= 4 is 17.4 Å². The summed E-state index contributed by atoms with van der Waals surface area (Å²) in [5.41, 5.74) is 3.40. The highest BCUT2D eigenvalue weighted by molar-refractivity contribution is 6.46. The topological polar surface area (TPSA) is 70.1 Å². The Hall–Kier alpha value is -3.12. The molecule has 6 nitrogen and oxygen atoms in total. The lowest BCUT2D eigenvalue weighted by Gasteiger charge is -2.26. The maximum atomic E-state index is 13.2. The summed E-state index contributed by atoms with van der Waals surface area (Å²) in [5.74, 6) is -1.00. The molecular formula is C26H32N2O4. The molecule has 1 heterocycles. The van der Waals surface area contributed by atoms with E-state index in [1.54, 1.807) is 17.0 Å². The molecule has 170 valence electrons. The highest BCUT2D eigenvalue weighted by atomic mass is 16.5. The first-order valence-corrected chi connectivity index (χ1v) is 11.0. The number of carbonyl (C=O) groups excluding carboxylic acids is 2. The molecule has 6 heteroatoms. The Morgan fingerprint density at radius 3 is 2.41 bits per heavy atom. The number of likely N-dealkylation sites (tertiary alicyclic amines) is 1. The molecule has 1 amide bonds. The van der Waals surface area contributed by atoms with Crippen LogP contribution in [-0.2, 0) is 16.0 Å². The number of methoxy groups -OCH3 is 1. The zero-order valence-electron chi connectivity index (χ0n) is 19.5. The van der Waals surface area contributed by atoms with Gasteiger partial charge in [0, 0.05) is 6.54 Å². The van der Waals surface area contributed by atoms with Gasteiger partial charge in [-0.05, 0) is 63.7 Å². The minimum atomic E-state index is -0.666. The van der Waals surface area contributed by atoms with Gasteiger partial charge < -0.3 is 19.6 Å². The average Bonchev–Trinajstić information content (AvgIpc) is 3.03. The number of hydrogen-bond acceptors (Lipinski definition) is 5. The number of amides is 1. The first kappa shape index (κ1) is 23.5. The van der Waals surface area contributed by atoms with Crippen molar-refractivity contribution < 1.29 is 19.4 Å². The average molecular weight is 437 g/mol. The van der Waals surface area contributed by atoms with E-state index in [9.17, 15) is 14.7 Å². The number of aliphatic hydroxyl groups is 1. The summed E-state index contributed by atoms with van der Waals surface area (Å²) in [6, 6.07) is 12.6. The zero-order chi connectivity index (χ0) is 23.4. The normalized spacial score (nSPS) is 17.9. The predicted molar refractivity (Wildman–Crippen MR) is 126 cm³/mol. The maximum Gasteiger partial charge on any atom is 0.295 e. The number of ether oxygens (including phenoxy) is 1. The Morgan fingerprint density at radius 1 is 1.12 bits per heavy atom. The van der Waals surface area contributed by atoms with Crippen LogP contribution in [0.15, 0.2) is 48.0 Å². The van der Waals surface area contributed by atoms with Gasteiger partial charge in [0.1, 0.15) is 11.5 Å². The molecule has 1 saturated heterocycles. The van der Waals surface area contributed by atoms with Gasteiger partial charge in [0.15, 0.2) is 0 Å². The van der Waals surface area contributed by atoms with Gasteiger partial charge in [-0.25, -0.2) is 0 Å².